The highest BCUT2D eigenvalue weighted by Gasteiger charge is 2.07. The van der Waals surface area contributed by atoms with Crippen molar-refractivity contribution in [3.05, 3.63) is 71.4 Å². The lowest BCUT2D eigenvalue weighted by Crippen LogP contribution is -2.05. The number of hydrogen-bond donors (Lipinski definition) is 1. The Morgan fingerprint density at radius 2 is 1.76 bits per heavy atom. The fourth-order valence-corrected chi connectivity index (χ4v) is 2.36. The smallest absolute Gasteiger partial charge is 0.203 e. The van der Waals surface area contributed by atoms with Crippen LogP contribution < -0.4 is 5.32 Å². The number of aromatic nitrogens is 2. The molecule has 0 radical (unpaired) electrons. The zero-order valence-corrected chi connectivity index (χ0v) is 12.5. The summed E-state index contributed by atoms with van der Waals surface area (Å²) in [5.41, 5.74) is 3.42. The van der Waals surface area contributed by atoms with Gasteiger partial charge in [-0.3, -0.25) is 0 Å². The van der Waals surface area contributed by atoms with E-state index in [0.717, 1.165) is 28.8 Å². The Kier molecular flexibility index (Phi) is 3.93. The minimum Gasteiger partial charge on any atom is -0.352 e. The Labute approximate surface area is 129 Å². The average Bonchev–Trinajstić information content (AvgIpc) is 2.89. The third kappa shape index (κ3) is 3.09. The van der Waals surface area contributed by atoms with Crippen LogP contribution in [0.3, 0.4) is 0 Å². The number of halogens is 1. The lowest BCUT2D eigenvalue weighted by Gasteiger charge is -2.08. The number of imidazole rings is 1. The van der Waals surface area contributed by atoms with Gasteiger partial charge in [0.2, 0.25) is 5.95 Å². The molecule has 21 heavy (non-hydrogen) atoms. The summed E-state index contributed by atoms with van der Waals surface area (Å²) in [7, 11) is 2.01. The Hall–Kier alpha value is -2.26. The highest BCUT2D eigenvalue weighted by atomic mass is 35.5. The van der Waals surface area contributed by atoms with Gasteiger partial charge in [0.25, 0.3) is 0 Å². The summed E-state index contributed by atoms with van der Waals surface area (Å²) in [5.74, 6) is 0.851. The van der Waals surface area contributed by atoms with Gasteiger partial charge < -0.3 is 9.88 Å². The summed E-state index contributed by atoms with van der Waals surface area (Å²) < 4.78 is 2.06. The summed E-state index contributed by atoms with van der Waals surface area (Å²) in [6.07, 6.45) is 1.89. The summed E-state index contributed by atoms with van der Waals surface area (Å²) in [6.45, 7) is 0.719. The zero-order valence-electron chi connectivity index (χ0n) is 11.8. The maximum Gasteiger partial charge on any atom is 0.203 e. The molecule has 0 aliphatic carbocycles. The molecule has 3 rings (SSSR count). The monoisotopic (exact) mass is 297 g/mol. The second-order valence-electron chi connectivity index (χ2n) is 4.87. The Morgan fingerprint density at radius 3 is 2.48 bits per heavy atom. The first-order valence-electron chi connectivity index (χ1n) is 6.79. The molecule has 1 aromatic heterocycles. The van der Waals surface area contributed by atoms with Crippen LogP contribution in [0.4, 0.5) is 5.95 Å². The van der Waals surface area contributed by atoms with Crippen molar-refractivity contribution < 1.29 is 0 Å². The highest BCUT2D eigenvalue weighted by molar-refractivity contribution is 6.30. The Bertz CT molecular complexity index is 718. The molecule has 0 aliphatic heterocycles. The Balaban J connectivity index is 1.75. The standard InChI is InChI=1S/C17H16ClN3/c1-21-16(14-5-3-2-4-6-14)12-20-17(21)19-11-13-7-9-15(18)10-8-13/h2-10,12H,11H2,1H3,(H,19,20). The van der Waals surface area contributed by atoms with Crippen molar-refractivity contribution in [3.63, 3.8) is 0 Å². The fourth-order valence-electron chi connectivity index (χ4n) is 2.23. The largest absolute Gasteiger partial charge is 0.352 e. The lowest BCUT2D eigenvalue weighted by atomic mass is 10.2. The van der Waals surface area contributed by atoms with Crippen molar-refractivity contribution in [2.24, 2.45) is 7.05 Å². The summed E-state index contributed by atoms with van der Waals surface area (Å²) in [4.78, 5) is 4.45. The molecule has 3 nitrogen and oxygen atoms in total. The SMILES string of the molecule is Cn1c(-c2ccccc2)cnc1NCc1ccc(Cl)cc1. The van der Waals surface area contributed by atoms with E-state index >= 15 is 0 Å². The fraction of sp³-hybridized carbons (Fsp3) is 0.118. The third-order valence-corrected chi connectivity index (χ3v) is 3.67. The molecule has 0 saturated heterocycles. The Morgan fingerprint density at radius 1 is 1.05 bits per heavy atom. The van der Waals surface area contributed by atoms with E-state index in [9.17, 15) is 0 Å². The van der Waals surface area contributed by atoms with E-state index in [2.05, 4.69) is 27.0 Å². The molecule has 1 N–H and O–H groups in total. The minimum atomic E-state index is 0.719. The van der Waals surface area contributed by atoms with Gasteiger partial charge in [-0.2, -0.15) is 0 Å². The van der Waals surface area contributed by atoms with Gasteiger partial charge in [-0.25, -0.2) is 4.98 Å². The quantitative estimate of drug-likeness (QED) is 0.776. The van der Waals surface area contributed by atoms with Gasteiger partial charge in [-0.15, -0.1) is 0 Å². The van der Waals surface area contributed by atoms with Crippen molar-refractivity contribution in [1.82, 2.24) is 9.55 Å². The van der Waals surface area contributed by atoms with Crippen molar-refractivity contribution in [3.8, 4) is 11.3 Å². The summed E-state index contributed by atoms with van der Waals surface area (Å²) >= 11 is 5.89. The summed E-state index contributed by atoms with van der Waals surface area (Å²) in [6, 6.07) is 18.1. The van der Waals surface area contributed by atoms with Gasteiger partial charge in [-0.05, 0) is 23.3 Å². The second-order valence-corrected chi connectivity index (χ2v) is 5.31. The molecule has 0 saturated carbocycles. The number of nitrogens with one attached hydrogen (secondary N) is 1. The van der Waals surface area contributed by atoms with E-state index in [4.69, 9.17) is 11.6 Å². The number of hydrogen-bond acceptors (Lipinski definition) is 2. The van der Waals surface area contributed by atoms with E-state index in [1.54, 1.807) is 0 Å². The molecule has 0 unspecified atom stereocenters. The van der Waals surface area contributed by atoms with Crippen LogP contribution in [0.15, 0.2) is 60.8 Å². The van der Waals surface area contributed by atoms with Gasteiger partial charge in [0, 0.05) is 18.6 Å². The maximum atomic E-state index is 5.89. The summed E-state index contributed by atoms with van der Waals surface area (Å²) in [5, 5.41) is 4.10. The van der Waals surface area contributed by atoms with Crippen LogP contribution in [-0.4, -0.2) is 9.55 Å². The topological polar surface area (TPSA) is 29.9 Å². The van der Waals surface area contributed by atoms with E-state index in [0.29, 0.717) is 0 Å². The van der Waals surface area contributed by atoms with Gasteiger partial charge in [0.15, 0.2) is 0 Å². The van der Waals surface area contributed by atoms with Crippen LogP contribution in [0.25, 0.3) is 11.3 Å². The number of benzene rings is 2. The molecule has 1 heterocycles. The second kappa shape index (κ2) is 6.02. The van der Waals surface area contributed by atoms with Crippen LogP contribution in [0.1, 0.15) is 5.56 Å². The van der Waals surface area contributed by atoms with E-state index in [1.807, 2.05) is 55.7 Å². The first-order valence-corrected chi connectivity index (χ1v) is 7.17. The number of anilines is 1. The normalized spacial score (nSPS) is 10.6. The molecule has 0 amide bonds. The molecule has 2 aromatic carbocycles. The molecule has 0 bridgehead atoms. The molecule has 106 valence electrons. The van der Waals surface area contributed by atoms with Crippen LogP contribution in [-0.2, 0) is 13.6 Å². The first kappa shape index (κ1) is 13.7. The van der Waals surface area contributed by atoms with Gasteiger partial charge in [0.05, 0.1) is 11.9 Å². The van der Waals surface area contributed by atoms with Crippen molar-refractivity contribution >= 4 is 17.5 Å². The molecular formula is C17H16ClN3. The molecular weight excluding hydrogens is 282 g/mol. The van der Waals surface area contributed by atoms with Gasteiger partial charge >= 0.3 is 0 Å². The first-order chi connectivity index (χ1) is 10.2. The molecule has 4 heteroatoms. The van der Waals surface area contributed by atoms with E-state index in [1.165, 1.54) is 5.56 Å². The maximum absolute atomic E-state index is 5.89. The zero-order chi connectivity index (χ0) is 14.7. The molecule has 3 aromatic rings. The van der Waals surface area contributed by atoms with Crippen LogP contribution in [0.5, 0.6) is 0 Å². The van der Waals surface area contributed by atoms with Gasteiger partial charge in [0.1, 0.15) is 0 Å². The van der Waals surface area contributed by atoms with Crippen LogP contribution >= 0.6 is 11.6 Å². The van der Waals surface area contributed by atoms with E-state index in [-0.39, 0.29) is 0 Å². The highest BCUT2D eigenvalue weighted by Crippen LogP contribution is 2.21. The third-order valence-electron chi connectivity index (χ3n) is 3.42. The predicted molar refractivity (Wildman–Crippen MR) is 87.4 cm³/mol. The molecule has 0 spiro atoms. The number of rotatable bonds is 4. The molecule has 0 aliphatic rings. The van der Waals surface area contributed by atoms with Gasteiger partial charge in [-0.1, -0.05) is 54.1 Å². The van der Waals surface area contributed by atoms with Crippen molar-refractivity contribution in [1.29, 1.82) is 0 Å². The number of nitrogens with zero attached hydrogens (tertiary/aromatic N) is 2. The van der Waals surface area contributed by atoms with Crippen LogP contribution in [0.2, 0.25) is 5.02 Å². The lowest BCUT2D eigenvalue weighted by molar-refractivity contribution is 0.907. The van der Waals surface area contributed by atoms with Crippen LogP contribution in [0, 0.1) is 0 Å². The average molecular weight is 298 g/mol. The van der Waals surface area contributed by atoms with E-state index < -0.39 is 0 Å². The molecule has 0 fully saturated rings. The van der Waals surface area contributed by atoms with Crippen molar-refractivity contribution in [2.75, 3.05) is 5.32 Å². The van der Waals surface area contributed by atoms with Crippen molar-refractivity contribution in [2.45, 2.75) is 6.54 Å². The molecule has 0 atom stereocenters. The predicted octanol–water partition coefficient (Wildman–Crippen LogP) is 4.35. The minimum absolute atomic E-state index is 0.719.